The van der Waals surface area contributed by atoms with Gasteiger partial charge in [-0.3, -0.25) is 4.98 Å². The van der Waals surface area contributed by atoms with E-state index in [-0.39, 0.29) is 29.9 Å². The maximum atomic E-state index is 13.8. The zero-order valence-corrected chi connectivity index (χ0v) is 16.6. The Bertz CT molecular complexity index is 680. The van der Waals surface area contributed by atoms with E-state index >= 15 is 0 Å². The molecule has 0 saturated carbocycles. The Morgan fingerprint density at radius 3 is 2.64 bits per heavy atom. The van der Waals surface area contributed by atoms with Crippen LogP contribution in [0.3, 0.4) is 0 Å². The second kappa shape index (κ2) is 11.0. The van der Waals surface area contributed by atoms with Gasteiger partial charge in [0.25, 0.3) is 0 Å². The minimum absolute atomic E-state index is 0. The molecule has 0 aliphatic rings. The lowest BCUT2D eigenvalue weighted by molar-refractivity contribution is 0.556. The van der Waals surface area contributed by atoms with Gasteiger partial charge in [0.15, 0.2) is 5.96 Å². The minimum Gasteiger partial charge on any atom is -0.357 e. The summed E-state index contributed by atoms with van der Waals surface area (Å²) in [6.07, 6.45) is 1.73. The third kappa shape index (κ3) is 6.93. The topological polar surface area (TPSA) is 49.3 Å². The second-order valence-electron chi connectivity index (χ2n) is 5.46. The van der Waals surface area contributed by atoms with Crippen molar-refractivity contribution in [3.63, 3.8) is 0 Å². The van der Waals surface area contributed by atoms with E-state index in [9.17, 15) is 8.78 Å². The van der Waals surface area contributed by atoms with Crippen LogP contribution in [0.5, 0.6) is 0 Å². The average Bonchev–Trinajstić information content (AvgIpc) is 2.58. The van der Waals surface area contributed by atoms with E-state index in [1.807, 2.05) is 32.0 Å². The van der Waals surface area contributed by atoms with Crippen molar-refractivity contribution < 1.29 is 8.78 Å². The molecule has 0 saturated heterocycles. The zero-order chi connectivity index (χ0) is 17.4. The van der Waals surface area contributed by atoms with Gasteiger partial charge in [-0.15, -0.1) is 24.0 Å². The van der Waals surface area contributed by atoms with Crippen molar-refractivity contribution in [1.82, 2.24) is 15.6 Å². The molecule has 1 aromatic heterocycles. The number of nitrogens with one attached hydrogen (secondary N) is 2. The number of halogens is 3. The smallest absolute Gasteiger partial charge is 0.191 e. The van der Waals surface area contributed by atoms with Crippen molar-refractivity contribution in [1.29, 1.82) is 0 Å². The Balaban J connectivity index is 0.00000312. The first kappa shape index (κ1) is 21.3. The normalized spacial score (nSPS) is 12.2. The quantitative estimate of drug-likeness (QED) is 0.392. The molecule has 2 N–H and O–H groups in total. The largest absolute Gasteiger partial charge is 0.357 e. The standard InChI is InChI=1S/C18H22F2N4.HI/c1-3-21-18(24-12-15-6-4-5-9-22-15)23-11-13(2)16-8-7-14(19)10-17(16)20;/h4-10,13H,3,11-12H2,1-2H3,(H2,21,23,24);1H. The summed E-state index contributed by atoms with van der Waals surface area (Å²) in [6, 6.07) is 9.34. The number of benzene rings is 1. The van der Waals surface area contributed by atoms with Gasteiger partial charge in [0.2, 0.25) is 0 Å². The fraction of sp³-hybridized carbons (Fsp3) is 0.333. The maximum absolute atomic E-state index is 13.8. The summed E-state index contributed by atoms with van der Waals surface area (Å²) >= 11 is 0. The van der Waals surface area contributed by atoms with E-state index in [1.54, 1.807) is 6.20 Å². The van der Waals surface area contributed by atoms with Gasteiger partial charge in [-0.05, 0) is 30.7 Å². The number of nitrogens with zero attached hydrogens (tertiary/aromatic N) is 2. The van der Waals surface area contributed by atoms with E-state index in [1.165, 1.54) is 12.1 Å². The van der Waals surface area contributed by atoms with Crippen LogP contribution in [0, 0.1) is 11.6 Å². The molecule has 25 heavy (non-hydrogen) atoms. The van der Waals surface area contributed by atoms with Gasteiger partial charge in [0, 0.05) is 31.3 Å². The van der Waals surface area contributed by atoms with Gasteiger partial charge < -0.3 is 10.6 Å². The van der Waals surface area contributed by atoms with Crippen molar-refractivity contribution in [3.8, 4) is 0 Å². The average molecular weight is 460 g/mol. The van der Waals surface area contributed by atoms with Gasteiger partial charge in [0.1, 0.15) is 11.6 Å². The van der Waals surface area contributed by atoms with Crippen LogP contribution in [0.25, 0.3) is 0 Å². The summed E-state index contributed by atoms with van der Waals surface area (Å²) < 4.78 is 26.8. The Morgan fingerprint density at radius 1 is 1.20 bits per heavy atom. The van der Waals surface area contributed by atoms with Gasteiger partial charge in [-0.1, -0.05) is 19.1 Å². The molecular weight excluding hydrogens is 437 g/mol. The fourth-order valence-corrected chi connectivity index (χ4v) is 2.25. The molecule has 0 fully saturated rings. The molecule has 0 amide bonds. The first-order chi connectivity index (χ1) is 11.6. The van der Waals surface area contributed by atoms with Crippen LogP contribution in [-0.2, 0) is 6.54 Å². The third-order valence-corrected chi connectivity index (χ3v) is 3.54. The van der Waals surface area contributed by atoms with Crippen LogP contribution in [-0.4, -0.2) is 24.0 Å². The molecule has 0 bridgehead atoms. The monoisotopic (exact) mass is 460 g/mol. The van der Waals surface area contributed by atoms with E-state index in [4.69, 9.17) is 0 Å². The Labute approximate surface area is 164 Å². The molecule has 7 heteroatoms. The SMILES string of the molecule is CCNC(=NCc1ccccn1)NCC(C)c1ccc(F)cc1F.I. The molecule has 1 atom stereocenters. The lowest BCUT2D eigenvalue weighted by Gasteiger charge is -2.16. The minimum atomic E-state index is -0.568. The predicted octanol–water partition coefficient (Wildman–Crippen LogP) is 3.84. The van der Waals surface area contributed by atoms with Crippen LogP contribution in [0.1, 0.15) is 31.0 Å². The zero-order valence-electron chi connectivity index (χ0n) is 14.3. The Hall–Kier alpha value is -1.77. The van der Waals surface area contributed by atoms with Crippen LogP contribution in [0.15, 0.2) is 47.6 Å². The Kier molecular flexibility index (Phi) is 9.33. The van der Waals surface area contributed by atoms with Gasteiger partial charge >= 0.3 is 0 Å². The van der Waals surface area contributed by atoms with Crippen LogP contribution in [0.4, 0.5) is 8.78 Å². The summed E-state index contributed by atoms with van der Waals surface area (Å²) in [4.78, 5) is 8.69. The molecule has 1 aromatic carbocycles. The summed E-state index contributed by atoms with van der Waals surface area (Å²) in [5, 5.41) is 6.32. The predicted molar refractivity (Wildman–Crippen MR) is 107 cm³/mol. The van der Waals surface area contributed by atoms with E-state index in [0.29, 0.717) is 31.2 Å². The van der Waals surface area contributed by atoms with Gasteiger partial charge in [-0.25, -0.2) is 13.8 Å². The first-order valence-electron chi connectivity index (χ1n) is 7.97. The number of rotatable bonds is 6. The van der Waals surface area contributed by atoms with Gasteiger partial charge in [0.05, 0.1) is 12.2 Å². The molecule has 0 aliphatic heterocycles. The summed E-state index contributed by atoms with van der Waals surface area (Å²) in [5.41, 5.74) is 1.34. The maximum Gasteiger partial charge on any atom is 0.191 e. The molecule has 4 nitrogen and oxygen atoms in total. The van der Waals surface area contributed by atoms with Crippen LogP contribution < -0.4 is 10.6 Å². The van der Waals surface area contributed by atoms with Crippen LogP contribution in [0.2, 0.25) is 0 Å². The highest BCUT2D eigenvalue weighted by Gasteiger charge is 2.12. The van der Waals surface area contributed by atoms with E-state index in [0.717, 1.165) is 11.8 Å². The van der Waals surface area contributed by atoms with Crippen molar-refractivity contribution in [3.05, 3.63) is 65.5 Å². The highest BCUT2D eigenvalue weighted by atomic mass is 127. The highest BCUT2D eigenvalue weighted by Crippen LogP contribution is 2.19. The summed E-state index contributed by atoms with van der Waals surface area (Å²) in [6.45, 7) is 5.51. The molecule has 1 heterocycles. The number of hydrogen-bond acceptors (Lipinski definition) is 2. The number of aliphatic imine (C=N–C) groups is 1. The van der Waals surface area contributed by atoms with E-state index < -0.39 is 11.6 Å². The molecular formula is C18H23F2IN4. The molecule has 0 radical (unpaired) electrons. The molecule has 1 unspecified atom stereocenters. The lowest BCUT2D eigenvalue weighted by atomic mass is 10.0. The van der Waals surface area contributed by atoms with E-state index in [2.05, 4.69) is 20.6 Å². The summed E-state index contributed by atoms with van der Waals surface area (Å²) in [5.74, 6) is -0.580. The van der Waals surface area contributed by atoms with Crippen molar-refractivity contribution in [2.75, 3.05) is 13.1 Å². The molecule has 2 rings (SSSR count). The van der Waals surface area contributed by atoms with Crippen molar-refractivity contribution in [2.24, 2.45) is 4.99 Å². The van der Waals surface area contributed by atoms with Crippen LogP contribution >= 0.6 is 24.0 Å². The molecule has 2 aromatic rings. The molecule has 0 aliphatic carbocycles. The number of guanidine groups is 1. The molecule has 0 spiro atoms. The summed E-state index contributed by atoms with van der Waals surface area (Å²) in [7, 11) is 0. The van der Waals surface area contributed by atoms with Crippen molar-refractivity contribution in [2.45, 2.75) is 26.3 Å². The number of hydrogen-bond donors (Lipinski definition) is 2. The Morgan fingerprint density at radius 2 is 2.00 bits per heavy atom. The molecule has 136 valence electrons. The van der Waals surface area contributed by atoms with Crippen molar-refractivity contribution >= 4 is 29.9 Å². The highest BCUT2D eigenvalue weighted by molar-refractivity contribution is 14.0. The second-order valence-corrected chi connectivity index (χ2v) is 5.46. The van der Waals surface area contributed by atoms with Gasteiger partial charge in [-0.2, -0.15) is 0 Å². The first-order valence-corrected chi connectivity index (χ1v) is 7.97. The number of aromatic nitrogens is 1. The number of pyridine rings is 1. The third-order valence-electron chi connectivity index (χ3n) is 3.54. The lowest BCUT2D eigenvalue weighted by Crippen LogP contribution is -2.39. The fourth-order valence-electron chi connectivity index (χ4n) is 2.25.